The molecule has 0 aliphatic heterocycles. The third kappa shape index (κ3) is 3.63. The van der Waals surface area contributed by atoms with Crippen molar-refractivity contribution >= 4 is 22.2 Å². The first-order valence-corrected chi connectivity index (χ1v) is 9.36. The minimum Gasteiger partial charge on any atom is -0.487 e. The van der Waals surface area contributed by atoms with Crippen molar-refractivity contribution in [2.45, 2.75) is 19.6 Å². The summed E-state index contributed by atoms with van der Waals surface area (Å²) in [7, 11) is 0. The van der Waals surface area contributed by atoms with Gasteiger partial charge in [-0.05, 0) is 42.3 Å². The highest BCUT2D eigenvalue weighted by molar-refractivity contribution is 7.12. The molecule has 0 spiro atoms. The van der Waals surface area contributed by atoms with Crippen LogP contribution in [0.2, 0.25) is 0 Å². The summed E-state index contributed by atoms with van der Waals surface area (Å²) in [5.41, 5.74) is 1.83. The average Bonchev–Trinajstić information content (AvgIpc) is 3.13. The number of fused-ring (bicyclic) bond motifs is 1. The lowest BCUT2D eigenvalue weighted by atomic mass is 10.0. The molecule has 2 aromatic heterocycles. The first-order chi connectivity index (χ1) is 13.1. The van der Waals surface area contributed by atoms with Crippen LogP contribution < -0.4 is 10.3 Å². The standard InChI is InChI=1S/C21H18N2O3S/c1-13-7-8-18(27-13)20(24)15-9-16-19(22-12-23-21(16)25)17(10-15)26-11-14-5-3-2-4-6-14/h2-10,12,20,24H,11H2,1H3,(H,22,23,25). The van der Waals surface area contributed by atoms with Crippen molar-refractivity contribution in [3.05, 3.63) is 92.2 Å². The lowest BCUT2D eigenvalue weighted by Crippen LogP contribution is -2.09. The minimum atomic E-state index is -0.827. The molecule has 2 aromatic carbocycles. The molecule has 4 aromatic rings. The largest absolute Gasteiger partial charge is 0.487 e. The van der Waals surface area contributed by atoms with Crippen LogP contribution in [0.5, 0.6) is 5.75 Å². The molecule has 0 aliphatic carbocycles. The highest BCUT2D eigenvalue weighted by atomic mass is 32.1. The van der Waals surface area contributed by atoms with Gasteiger partial charge in [0, 0.05) is 9.75 Å². The van der Waals surface area contributed by atoms with Gasteiger partial charge in [0.2, 0.25) is 0 Å². The Morgan fingerprint density at radius 2 is 2.00 bits per heavy atom. The van der Waals surface area contributed by atoms with Crippen molar-refractivity contribution in [2.75, 3.05) is 0 Å². The van der Waals surface area contributed by atoms with Gasteiger partial charge in [-0.2, -0.15) is 0 Å². The smallest absolute Gasteiger partial charge is 0.258 e. The number of rotatable bonds is 5. The Hall–Kier alpha value is -2.96. The first-order valence-electron chi connectivity index (χ1n) is 8.54. The fourth-order valence-electron chi connectivity index (χ4n) is 2.94. The number of nitrogens with one attached hydrogen (secondary N) is 1. The Balaban J connectivity index is 1.76. The first kappa shape index (κ1) is 17.5. The Bertz CT molecular complexity index is 1140. The summed E-state index contributed by atoms with van der Waals surface area (Å²) in [4.78, 5) is 21.1. The molecule has 5 nitrogen and oxygen atoms in total. The van der Waals surface area contributed by atoms with Gasteiger partial charge in [-0.3, -0.25) is 4.79 Å². The van der Waals surface area contributed by atoms with Gasteiger partial charge in [0.25, 0.3) is 5.56 Å². The zero-order chi connectivity index (χ0) is 18.8. The Morgan fingerprint density at radius 3 is 2.74 bits per heavy atom. The molecule has 27 heavy (non-hydrogen) atoms. The number of thiophene rings is 1. The second-order valence-electron chi connectivity index (χ2n) is 6.27. The van der Waals surface area contributed by atoms with E-state index < -0.39 is 6.10 Å². The molecule has 0 bridgehead atoms. The van der Waals surface area contributed by atoms with Gasteiger partial charge in [-0.15, -0.1) is 11.3 Å². The summed E-state index contributed by atoms with van der Waals surface area (Å²) in [6.45, 7) is 2.34. The highest BCUT2D eigenvalue weighted by Crippen LogP contribution is 2.33. The van der Waals surface area contributed by atoms with Gasteiger partial charge in [0.15, 0.2) is 0 Å². The van der Waals surface area contributed by atoms with Gasteiger partial charge in [0.05, 0.1) is 11.7 Å². The van der Waals surface area contributed by atoms with Crippen molar-refractivity contribution < 1.29 is 9.84 Å². The number of benzene rings is 2. The van der Waals surface area contributed by atoms with Crippen LogP contribution in [0.25, 0.3) is 10.9 Å². The van der Waals surface area contributed by atoms with E-state index in [4.69, 9.17) is 4.74 Å². The maximum absolute atomic E-state index is 12.3. The summed E-state index contributed by atoms with van der Waals surface area (Å²) >= 11 is 1.52. The average molecular weight is 378 g/mol. The van der Waals surface area contributed by atoms with Gasteiger partial charge >= 0.3 is 0 Å². The highest BCUT2D eigenvalue weighted by Gasteiger charge is 2.17. The minimum absolute atomic E-state index is 0.263. The molecule has 4 rings (SSSR count). The van der Waals surface area contributed by atoms with E-state index in [1.807, 2.05) is 49.4 Å². The number of aromatic amines is 1. The number of hydrogen-bond donors (Lipinski definition) is 2. The van der Waals surface area contributed by atoms with E-state index in [1.54, 1.807) is 12.1 Å². The monoisotopic (exact) mass is 378 g/mol. The number of ether oxygens (including phenoxy) is 1. The maximum atomic E-state index is 12.3. The number of nitrogens with zero attached hydrogens (tertiary/aromatic N) is 1. The predicted molar refractivity (Wildman–Crippen MR) is 106 cm³/mol. The molecule has 0 saturated heterocycles. The molecular formula is C21H18N2O3S. The van der Waals surface area contributed by atoms with Crippen LogP contribution in [0.3, 0.4) is 0 Å². The van der Waals surface area contributed by atoms with Crippen LogP contribution >= 0.6 is 11.3 Å². The SMILES string of the molecule is Cc1ccc(C(O)c2cc(OCc3ccccc3)c3nc[nH]c(=O)c3c2)s1. The predicted octanol–water partition coefficient (Wildman–Crippen LogP) is 3.95. The lowest BCUT2D eigenvalue weighted by Gasteiger charge is -2.14. The second kappa shape index (κ2) is 7.34. The van der Waals surface area contributed by atoms with E-state index in [0.29, 0.717) is 28.8 Å². The van der Waals surface area contributed by atoms with Crippen molar-refractivity contribution in [1.82, 2.24) is 9.97 Å². The Kier molecular flexibility index (Phi) is 4.75. The quantitative estimate of drug-likeness (QED) is 0.551. The number of H-pyrrole nitrogens is 1. The van der Waals surface area contributed by atoms with E-state index in [1.165, 1.54) is 17.7 Å². The van der Waals surface area contributed by atoms with Crippen LogP contribution in [0.1, 0.15) is 27.0 Å². The summed E-state index contributed by atoms with van der Waals surface area (Å²) in [5.74, 6) is 0.477. The third-order valence-electron chi connectivity index (χ3n) is 4.31. The van der Waals surface area contributed by atoms with Crippen molar-refractivity contribution in [3.8, 4) is 5.75 Å². The van der Waals surface area contributed by atoms with Gasteiger partial charge < -0.3 is 14.8 Å². The zero-order valence-corrected chi connectivity index (χ0v) is 15.5. The van der Waals surface area contributed by atoms with Crippen LogP contribution in [-0.2, 0) is 6.61 Å². The summed E-state index contributed by atoms with van der Waals surface area (Å²) < 4.78 is 5.97. The number of aliphatic hydroxyl groups is 1. The topological polar surface area (TPSA) is 75.2 Å². The molecule has 0 saturated carbocycles. The molecule has 0 fully saturated rings. The van der Waals surface area contributed by atoms with Crippen LogP contribution in [0, 0.1) is 6.92 Å². The molecule has 1 unspecified atom stereocenters. The van der Waals surface area contributed by atoms with E-state index >= 15 is 0 Å². The van der Waals surface area contributed by atoms with Crippen molar-refractivity contribution in [2.24, 2.45) is 0 Å². The molecule has 0 amide bonds. The van der Waals surface area contributed by atoms with Crippen molar-refractivity contribution in [1.29, 1.82) is 0 Å². The summed E-state index contributed by atoms with van der Waals surface area (Å²) in [5, 5.41) is 11.2. The third-order valence-corrected chi connectivity index (χ3v) is 5.37. The fourth-order valence-corrected chi connectivity index (χ4v) is 3.83. The number of aromatic nitrogens is 2. The molecule has 6 heteroatoms. The number of aliphatic hydroxyl groups excluding tert-OH is 1. The maximum Gasteiger partial charge on any atom is 0.258 e. The Morgan fingerprint density at radius 1 is 1.19 bits per heavy atom. The normalized spacial score (nSPS) is 12.2. The van der Waals surface area contributed by atoms with E-state index in [-0.39, 0.29) is 5.56 Å². The molecule has 136 valence electrons. The molecule has 0 radical (unpaired) electrons. The number of aryl methyl sites for hydroxylation is 1. The zero-order valence-electron chi connectivity index (χ0n) is 14.7. The molecular weight excluding hydrogens is 360 g/mol. The fraction of sp³-hybridized carbons (Fsp3) is 0.143. The lowest BCUT2D eigenvalue weighted by molar-refractivity contribution is 0.223. The molecule has 0 aliphatic rings. The second-order valence-corrected chi connectivity index (χ2v) is 7.59. The van der Waals surface area contributed by atoms with Crippen LogP contribution in [0.15, 0.2) is 65.7 Å². The molecule has 2 N–H and O–H groups in total. The summed E-state index contributed by atoms with van der Waals surface area (Å²) in [6, 6.07) is 17.1. The van der Waals surface area contributed by atoms with Crippen molar-refractivity contribution in [3.63, 3.8) is 0 Å². The van der Waals surface area contributed by atoms with Gasteiger partial charge in [-0.25, -0.2) is 4.98 Å². The van der Waals surface area contributed by atoms with E-state index in [2.05, 4.69) is 9.97 Å². The Labute approximate surface area is 159 Å². The van der Waals surface area contributed by atoms with E-state index in [9.17, 15) is 9.90 Å². The molecule has 2 heterocycles. The molecule has 1 atom stereocenters. The summed E-state index contributed by atoms with van der Waals surface area (Å²) in [6.07, 6.45) is 0.533. The van der Waals surface area contributed by atoms with Gasteiger partial charge in [0.1, 0.15) is 24.0 Å². The van der Waals surface area contributed by atoms with Crippen LogP contribution in [-0.4, -0.2) is 15.1 Å². The van der Waals surface area contributed by atoms with Crippen LogP contribution in [0.4, 0.5) is 0 Å². The number of hydrogen-bond acceptors (Lipinski definition) is 5. The van der Waals surface area contributed by atoms with E-state index in [0.717, 1.165) is 15.3 Å². The van der Waals surface area contributed by atoms with Gasteiger partial charge in [-0.1, -0.05) is 30.3 Å².